The van der Waals surface area contributed by atoms with E-state index in [2.05, 4.69) is 4.90 Å². The van der Waals surface area contributed by atoms with Crippen molar-refractivity contribution in [2.45, 2.75) is 25.9 Å². The normalized spacial score (nSPS) is 21.7. The number of anilines is 1. The van der Waals surface area contributed by atoms with Crippen molar-refractivity contribution in [2.75, 3.05) is 18.0 Å². The number of hydrogen-bond acceptors (Lipinski definition) is 3. The van der Waals surface area contributed by atoms with Crippen LogP contribution in [-0.4, -0.2) is 24.1 Å². The lowest BCUT2D eigenvalue weighted by atomic mass is 9.97. The van der Waals surface area contributed by atoms with Gasteiger partial charge in [0.15, 0.2) is 0 Å². The van der Waals surface area contributed by atoms with E-state index in [9.17, 15) is 9.90 Å². The fourth-order valence-corrected chi connectivity index (χ4v) is 2.41. The van der Waals surface area contributed by atoms with Crippen LogP contribution in [0.3, 0.4) is 0 Å². The zero-order valence-corrected chi connectivity index (χ0v) is 10.7. The van der Waals surface area contributed by atoms with E-state index in [0.29, 0.717) is 6.54 Å². The van der Waals surface area contributed by atoms with Gasteiger partial charge in [-0.2, -0.15) is 0 Å². The zero-order valence-electron chi connectivity index (χ0n) is 10.7. The number of nitrogens with zero attached hydrogens (tertiary/aromatic N) is 1. The van der Waals surface area contributed by atoms with E-state index in [0.717, 1.165) is 30.6 Å². The standard InChI is InChI=1S/C14H20N2O2/c1-10(17)11-4-6-13(7-5-11)16-8-2-3-12(9-16)14(15)18/h4-7,10,12,17H,2-3,8-9H2,1H3,(H2,15,18)/t10-,12?/m0/s1. The Morgan fingerprint density at radius 1 is 1.44 bits per heavy atom. The molecule has 18 heavy (non-hydrogen) atoms. The van der Waals surface area contributed by atoms with Crippen LogP contribution in [0.4, 0.5) is 5.69 Å². The number of primary amides is 1. The third-order valence-corrected chi connectivity index (χ3v) is 3.56. The topological polar surface area (TPSA) is 66.6 Å². The Hall–Kier alpha value is -1.55. The summed E-state index contributed by atoms with van der Waals surface area (Å²) in [6.07, 6.45) is 1.43. The Bertz CT molecular complexity index is 414. The van der Waals surface area contributed by atoms with Crippen LogP contribution in [0.1, 0.15) is 31.4 Å². The second-order valence-corrected chi connectivity index (χ2v) is 4.96. The van der Waals surface area contributed by atoms with E-state index in [1.165, 1.54) is 0 Å². The molecule has 1 heterocycles. The average Bonchev–Trinajstić information content (AvgIpc) is 2.39. The first-order valence-electron chi connectivity index (χ1n) is 6.40. The van der Waals surface area contributed by atoms with Crippen LogP contribution in [0.2, 0.25) is 0 Å². The summed E-state index contributed by atoms with van der Waals surface area (Å²) in [5.74, 6) is -0.254. The average molecular weight is 248 g/mol. The predicted octanol–water partition coefficient (Wildman–Crippen LogP) is 1.44. The van der Waals surface area contributed by atoms with Crippen LogP contribution in [0.15, 0.2) is 24.3 Å². The van der Waals surface area contributed by atoms with Crippen molar-refractivity contribution < 1.29 is 9.90 Å². The molecule has 1 aromatic rings. The SMILES string of the molecule is C[C@H](O)c1ccc(N2CCCC(C(N)=O)C2)cc1. The Balaban J connectivity index is 2.09. The monoisotopic (exact) mass is 248 g/mol. The Morgan fingerprint density at radius 3 is 2.67 bits per heavy atom. The van der Waals surface area contributed by atoms with Crippen molar-refractivity contribution in [3.05, 3.63) is 29.8 Å². The van der Waals surface area contributed by atoms with Gasteiger partial charge >= 0.3 is 0 Å². The third kappa shape index (κ3) is 2.82. The first kappa shape index (κ1) is 12.9. The number of nitrogens with two attached hydrogens (primary N) is 1. The number of carbonyl (C=O) groups excluding carboxylic acids is 1. The summed E-state index contributed by atoms with van der Waals surface area (Å²) >= 11 is 0. The minimum atomic E-state index is -0.446. The molecular formula is C14H20N2O2. The summed E-state index contributed by atoms with van der Waals surface area (Å²) in [6.45, 7) is 3.40. The second-order valence-electron chi connectivity index (χ2n) is 4.96. The van der Waals surface area contributed by atoms with E-state index in [4.69, 9.17) is 5.73 Å². The molecule has 1 unspecified atom stereocenters. The molecule has 98 valence electrons. The number of benzene rings is 1. The molecule has 3 N–H and O–H groups in total. The largest absolute Gasteiger partial charge is 0.389 e. The molecular weight excluding hydrogens is 228 g/mol. The van der Waals surface area contributed by atoms with Crippen LogP contribution in [0.25, 0.3) is 0 Å². The highest BCUT2D eigenvalue weighted by Crippen LogP contribution is 2.24. The van der Waals surface area contributed by atoms with Gasteiger partial charge in [0.05, 0.1) is 12.0 Å². The maximum atomic E-state index is 11.2. The smallest absolute Gasteiger partial charge is 0.222 e. The zero-order chi connectivity index (χ0) is 13.1. The van der Waals surface area contributed by atoms with E-state index >= 15 is 0 Å². The van der Waals surface area contributed by atoms with E-state index in [1.807, 2.05) is 24.3 Å². The second kappa shape index (κ2) is 5.40. The first-order chi connectivity index (χ1) is 8.58. The first-order valence-corrected chi connectivity index (χ1v) is 6.40. The van der Waals surface area contributed by atoms with Crippen molar-refractivity contribution in [1.82, 2.24) is 0 Å². The van der Waals surface area contributed by atoms with E-state index in [1.54, 1.807) is 6.92 Å². The van der Waals surface area contributed by atoms with Gasteiger partial charge in [0.1, 0.15) is 0 Å². The van der Waals surface area contributed by atoms with Crippen molar-refractivity contribution in [3.63, 3.8) is 0 Å². The van der Waals surface area contributed by atoms with Gasteiger partial charge in [-0.25, -0.2) is 0 Å². The fourth-order valence-electron chi connectivity index (χ4n) is 2.41. The van der Waals surface area contributed by atoms with Crippen LogP contribution < -0.4 is 10.6 Å². The number of aliphatic hydroxyl groups excluding tert-OH is 1. The molecule has 4 heteroatoms. The van der Waals surface area contributed by atoms with Gasteiger partial charge in [0, 0.05) is 18.8 Å². The summed E-state index contributed by atoms with van der Waals surface area (Å²) in [5, 5.41) is 9.46. The lowest BCUT2D eigenvalue weighted by molar-refractivity contribution is -0.122. The number of hydrogen-bond donors (Lipinski definition) is 2. The molecule has 1 saturated heterocycles. The molecule has 2 atom stereocenters. The van der Waals surface area contributed by atoms with Gasteiger partial charge in [-0.15, -0.1) is 0 Å². The van der Waals surface area contributed by atoms with Crippen molar-refractivity contribution in [1.29, 1.82) is 0 Å². The van der Waals surface area contributed by atoms with Crippen molar-refractivity contribution >= 4 is 11.6 Å². The Labute approximate surface area is 107 Å². The molecule has 1 aliphatic rings. The molecule has 1 aliphatic heterocycles. The van der Waals surface area contributed by atoms with Crippen LogP contribution in [-0.2, 0) is 4.79 Å². The highest BCUT2D eigenvalue weighted by atomic mass is 16.3. The van der Waals surface area contributed by atoms with Crippen molar-refractivity contribution in [3.8, 4) is 0 Å². The molecule has 2 rings (SSSR count). The third-order valence-electron chi connectivity index (χ3n) is 3.56. The predicted molar refractivity (Wildman–Crippen MR) is 71.2 cm³/mol. The van der Waals surface area contributed by atoms with Gasteiger partial charge in [0.2, 0.25) is 5.91 Å². The summed E-state index contributed by atoms with van der Waals surface area (Å²) < 4.78 is 0. The summed E-state index contributed by atoms with van der Waals surface area (Å²) in [6, 6.07) is 7.83. The number of piperidine rings is 1. The maximum Gasteiger partial charge on any atom is 0.222 e. The summed E-state index contributed by atoms with van der Waals surface area (Å²) in [5.41, 5.74) is 7.37. The van der Waals surface area contributed by atoms with Gasteiger partial charge in [0.25, 0.3) is 0 Å². The number of rotatable bonds is 3. The van der Waals surface area contributed by atoms with Gasteiger partial charge in [-0.05, 0) is 37.5 Å². The lowest BCUT2D eigenvalue weighted by Gasteiger charge is -2.33. The lowest BCUT2D eigenvalue weighted by Crippen LogP contribution is -2.41. The molecule has 0 aromatic heterocycles. The van der Waals surface area contributed by atoms with Crippen LogP contribution >= 0.6 is 0 Å². The fraction of sp³-hybridized carbons (Fsp3) is 0.500. The van der Waals surface area contributed by atoms with Crippen LogP contribution in [0, 0.1) is 5.92 Å². The van der Waals surface area contributed by atoms with E-state index in [-0.39, 0.29) is 11.8 Å². The van der Waals surface area contributed by atoms with Gasteiger partial charge in [-0.1, -0.05) is 12.1 Å². The maximum absolute atomic E-state index is 11.2. The molecule has 0 spiro atoms. The molecule has 0 saturated carbocycles. The molecule has 0 aliphatic carbocycles. The number of aliphatic hydroxyl groups is 1. The highest BCUT2D eigenvalue weighted by molar-refractivity contribution is 5.77. The van der Waals surface area contributed by atoms with Crippen molar-refractivity contribution in [2.24, 2.45) is 11.7 Å². The minimum Gasteiger partial charge on any atom is -0.389 e. The molecule has 0 radical (unpaired) electrons. The highest BCUT2D eigenvalue weighted by Gasteiger charge is 2.24. The molecule has 0 bridgehead atoms. The van der Waals surface area contributed by atoms with Crippen LogP contribution in [0.5, 0.6) is 0 Å². The summed E-state index contributed by atoms with van der Waals surface area (Å²) in [4.78, 5) is 13.4. The summed E-state index contributed by atoms with van der Waals surface area (Å²) in [7, 11) is 0. The van der Waals surface area contributed by atoms with Gasteiger partial charge in [-0.3, -0.25) is 4.79 Å². The Morgan fingerprint density at radius 2 is 2.11 bits per heavy atom. The molecule has 1 aromatic carbocycles. The molecule has 1 fully saturated rings. The minimum absolute atomic E-state index is 0.0461. The van der Waals surface area contributed by atoms with E-state index < -0.39 is 6.10 Å². The number of amides is 1. The van der Waals surface area contributed by atoms with Gasteiger partial charge < -0.3 is 15.7 Å². The molecule has 1 amide bonds. The quantitative estimate of drug-likeness (QED) is 0.850. The number of carbonyl (C=O) groups is 1. The Kier molecular flexibility index (Phi) is 3.87. The molecule has 4 nitrogen and oxygen atoms in total.